The fourth-order valence-electron chi connectivity index (χ4n) is 4.91. The second-order valence-corrected chi connectivity index (χ2v) is 19.6. The summed E-state index contributed by atoms with van der Waals surface area (Å²) >= 11 is 0. The lowest BCUT2D eigenvalue weighted by Gasteiger charge is -2.50. The lowest BCUT2D eigenvalue weighted by atomic mass is 9.92. The summed E-state index contributed by atoms with van der Waals surface area (Å²) in [5.41, 5.74) is -2.24. The average Bonchev–Trinajstić information content (AvgIpc) is 2.70. The average molecular weight is 496 g/mol. The van der Waals surface area contributed by atoms with Gasteiger partial charge in [0.05, 0.1) is 6.10 Å². The summed E-state index contributed by atoms with van der Waals surface area (Å²) < 4.78 is 56.1. The van der Waals surface area contributed by atoms with E-state index in [0.29, 0.717) is 6.54 Å². The maximum Gasteiger partial charge on any atom is 0.417 e. The van der Waals surface area contributed by atoms with Crippen LogP contribution in [0.3, 0.4) is 0 Å². The van der Waals surface area contributed by atoms with Gasteiger partial charge in [-0.25, -0.2) is 0 Å². The number of hydrogen-bond donors (Lipinski definition) is 1. The van der Waals surface area contributed by atoms with Crippen LogP contribution in [0.25, 0.3) is 0 Å². The quantitative estimate of drug-likeness (QED) is 0.567. The maximum atomic E-state index is 14.4. The molecule has 0 aliphatic carbocycles. The molecule has 1 saturated heterocycles. The second kappa shape index (κ2) is 9.30. The normalized spacial score (nSPS) is 22.9. The van der Waals surface area contributed by atoms with Crippen LogP contribution in [0.2, 0.25) is 24.7 Å². The van der Waals surface area contributed by atoms with Crippen LogP contribution in [0, 0.1) is 0 Å². The van der Waals surface area contributed by atoms with Gasteiger partial charge in [0.2, 0.25) is 0 Å². The third-order valence-electron chi connectivity index (χ3n) is 6.12. The zero-order valence-corrected chi connectivity index (χ0v) is 22.4. The Morgan fingerprint density at radius 1 is 0.879 bits per heavy atom. The smallest absolute Gasteiger partial charge is 0.403 e. The molecule has 0 amide bonds. The van der Waals surface area contributed by atoms with Crippen molar-refractivity contribution in [3.05, 3.63) is 60.7 Å². The molecule has 1 fully saturated rings. The van der Waals surface area contributed by atoms with Crippen LogP contribution in [0.5, 0.6) is 0 Å². The minimum atomic E-state index is -4.49. The van der Waals surface area contributed by atoms with E-state index in [0.717, 1.165) is 10.4 Å². The van der Waals surface area contributed by atoms with Gasteiger partial charge < -0.3 is 14.2 Å². The third kappa shape index (κ3) is 5.45. The molecule has 2 atom stereocenters. The van der Waals surface area contributed by atoms with Crippen molar-refractivity contribution in [3.63, 3.8) is 0 Å². The Balaban J connectivity index is 2.10. The Morgan fingerprint density at radius 3 is 1.76 bits per heavy atom. The summed E-state index contributed by atoms with van der Waals surface area (Å²) in [6.45, 7) is 11.9. The van der Waals surface area contributed by atoms with E-state index in [9.17, 15) is 13.2 Å². The number of alkyl halides is 3. The minimum Gasteiger partial charge on any atom is -0.403 e. The molecule has 2 aromatic carbocycles. The molecule has 1 aliphatic heterocycles. The molecule has 1 aliphatic rings. The van der Waals surface area contributed by atoms with Crippen LogP contribution in [0.1, 0.15) is 27.2 Å². The second-order valence-electron chi connectivity index (χ2n) is 10.9. The largest absolute Gasteiger partial charge is 0.417 e. The number of hydrogen-bond acceptors (Lipinski definition) is 3. The third-order valence-corrected chi connectivity index (χ3v) is 12.2. The minimum absolute atomic E-state index is 0.210. The van der Waals surface area contributed by atoms with E-state index in [4.69, 9.17) is 8.85 Å². The highest BCUT2D eigenvalue weighted by molar-refractivity contribution is 6.99. The van der Waals surface area contributed by atoms with E-state index < -0.39 is 34.5 Å². The highest BCUT2D eigenvalue weighted by Gasteiger charge is 2.61. The first-order chi connectivity index (χ1) is 15.2. The molecule has 1 heterocycles. The number of piperidine rings is 1. The first-order valence-corrected chi connectivity index (χ1v) is 16.8. The highest BCUT2D eigenvalue weighted by atomic mass is 28.4. The topological polar surface area (TPSA) is 30.5 Å². The summed E-state index contributed by atoms with van der Waals surface area (Å²) in [5, 5.41) is 4.80. The Hall–Kier alpha value is -1.46. The molecule has 3 nitrogen and oxygen atoms in total. The fourth-order valence-corrected chi connectivity index (χ4v) is 11.0. The van der Waals surface area contributed by atoms with Crippen LogP contribution in [-0.4, -0.2) is 47.6 Å². The van der Waals surface area contributed by atoms with Gasteiger partial charge in [-0.2, -0.15) is 13.2 Å². The molecule has 1 unspecified atom stereocenters. The van der Waals surface area contributed by atoms with Crippen LogP contribution in [-0.2, 0) is 8.85 Å². The molecule has 33 heavy (non-hydrogen) atoms. The van der Waals surface area contributed by atoms with Gasteiger partial charge in [0.1, 0.15) is 0 Å². The fraction of sp³-hybridized carbons (Fsp3) is 0.520. The molecule has 0 saturated carbocycles. The van der Waals surface area contributed by atoms with E-state index in [-0.39, 0.29) is 18.0 Å². The molecular formula is C25H36F3NO2Si2. The van der Waals surface area contributed by atoms with Crippen LogP contribution < -0.4 is 15.7 Å². The Labute approximate surface area is 198 Å². The molecule has 0 aromatic heterocycles. The summed E-state index contributed by atoms with van der Waals surface area (Å²) in [6, 6.07) is 20.0. The molecule has 0 spiro atoms. The molecule has 0 bridgehead atoms. The number of rotatable bonds is 6. The van der Waals surface area contributed by atoms with Crippen LogP contribution in [0.15, 0.2) is 60.7 Å². The summed E-state index contributed by atoms with van der Waals surface area (Å²) in [6.07, 6.45) is -5.34. The van der Waals surface area contributed by atoms with Gasteiger partial charge in [-0.1, -0.05) is 81.4 Å². The Bertz CT molecular complexity index is 872. The Kier molecular flexibility index (Phi) is 7.37. The van der Waals surface area contributed by atoms with E-state index in [1.54, 1.807) is 19.6 Å². The monoisotopic (exact) mass is 495 g/mol. The molecule has 1 N–H and O–H groups in total. The van der Waals surface area contributed by atoms with Gasteiger partial charge in [0.25, 0.3) is 8.32 Å². The van der Waals surface area contributed by atoms with Gasteiger partial charge >= 0.3 is 6.18 Å². The molecule has 0 radical (unpaired) electrons. The zero-order valence-electron chi connectivity index (χ0n) is 20.4. The summed E-state index contributed by atoms with van der Waals surface area (Å²) in [4.78, 5) is 0. The molecule has 3 rings (SSSR count). The number of benzene rings is 2. The van der Waals surface area contributed by atoms with Crippen molar-refractivity contribution in [1.29, 1.82) is 0 Å². The Morgan fingerprint density at radius 2 is 1.36 bits per heavy atom. The first-order valence-electron chi connectivity index (χ1n) is 11.5. The van der Waals surface area contributed by atoms with Crippen molar-refractivity contribution >= 4 is 27.0 Å². The lowest BCUT2D eigenvalue weighted by molar-refractivity contribution is -0.262. The van der Waals surface area contributed by atoms with Crippen molar-refractivity contribution in [1.82, 2.24) is 5.32 Å². The van der Waals surface area contributed by atoms with Crippen molar-refractivity contribution < 1.29 is 22.0 Å². The van der Waals surface area contributed by atoms with Crippen molar-refractivity contribution in [3.8, 4) is 0 Å². The van der Waals surface area contributed by atoms with E-state index in [1.165, 1.54) is 0 Å². The zero-order chi connectivity index (χ0) is 24.5. The van der Waals surface area contributed by atoms with Gasteiger partial charge in [-0.05, 0) is 35.1 Å². The predicted molar refractivity (Wildman–Crippen MR) is 133 cm³/mol. The van der Waals surface area contributed by atoms with Gasteiger partial charge in [-0.15, -0.1) is 0 Å². The predicted octanol–water partition coefficient (Wildman–Crippen LogP) is 5.08. The lowest BCUT2D eigenvalue weighted by Crippen LogP contribution is -2.71. The van der Waals surface area contributed by atoms with Crippen molar-refractivity contribution in [2.24, 2.45) is 0 Å². The molecule has 8 heteroatoms. The van der Waals surface area contributed by atoms with Gasteiger partial charge in [0, 0.05) is 19.5 Å². The molecule has 2 aromatic rings. The summed E-state index contributed by atoms with van der Waals surface area (Å²) in [7, 11) is -5.45. The molecule has 182 valence electrons. The SMILES string of the molecule is CC(C)(C)[Si](O[C@H]1CNCC(O[Si](C)(C)C)(C(F)(F)F)C1)(c1ccccc1)c1ccccc1. The van der Waals surface area contributed by atoms with Crippen molar-refractivity contribution in [2.75, 3.05) is 13.1 Å². The standard InChI is InChI=1S/C25H36F3NO2Si2/c1-23(2,3)33(21-13-9-7-10-14-21,22-15-11-8-12-16-22)30-20-17-24(19-29-18-20,25(26,27)28)31-32(4,5)6/h7-16,20,29H,17-19H2,1-6H3/t20-,24?/m1/s1. The van der Waals surface area contributed by atoms with Gasteiger partial charge in [0.15, 0.2) is 13.9 Å². The highest BCUT2D eigenvalue weighted by Crippen LogP contribution is 2.43. The van der Waals surface area contributed by atoms with Crippen LogP contribution in [0.4, 0.5) is 13.2 Å². The first kappa shape index (κ1) is 26.2. The number of halogens is 3. The summed E-state index contributed by atoms with van der Waals surface area (Å²) in [5.74, 6) is 0. The van der Waals surface area contributed by atoms with Crippen LogP contribution >= 0.6 is 0 Å². The van der Waals surface area contributed by atoms with E-state index in [1.807, 2.05) is 36.4 Å². The van der Waals surface area contributed by atoms with Crippen molar-refractivity contribution in [2.45, 2.75) is 69.8 Å². The van der Waals surface area contributed by atoms with E-state index >= 15 is 0 Å². The molecular weight excluding hydrogens is 459 g/mol. The van der Waals surface area contributed by atoms with Gasteiger partial charge in [-0.3, -0.25) is 0 Å². The number of nitrogens with one attached hydrogen (secondary N) is 1. The van der Waals surface area contributed by atoms with E-state index in [2.05, 4.69) is 50.4 Å². The maximum absolute atomic E-state index is 14.4.